The standard InChI is InChI=1S/C21H17N3O4/c1-13(25)14-3-2-4-16(7-14)24-21(26)15-8-18(11-22-10-15)23-17-5-6-19-20(9-17)28-12-27-19/h2-11,23H,12H2,1H3,(H,24,26). The summed E-state index contributed by atoms with van der Waals surface area (Å²) in [5, 5.41) is 5.98. The van der Waals surface area contributed by atoms with Crippen molar-refractivity contribution in [3.05, 3.63) is 72.1 Å². The summed E-state index contributed by atoms with van der Waals surface area (Å²) in [5.41, 5.74) is 2.92. The van der Waals surface area contributed by atoms with Crippen molar-refractivity contribution < 1.29 is 19.1 Å². The number of aromatic nitrogens is 1. The van der Waals surface area contributed by atoms with Crippen molar-refractivity contribution in [1.82, 2.24) is 4.98 Å². The lowest BCUT2D eigenvalue weighted by Gasteiger charge is -2.10. The molecule has 1 aliphatic heterocycles. The van der Waals surface area contributed by atoms with Crippen LogP contribution >= 0.6 is 0 Å². The summed E-state index contributed by atoms with van der Waals surface area (Å²) in [4.78, 5) is 28.2. The molecule has 0 saturated heterocycles. The van der Waals surface area contributed by atoms with E-state index in [1.165, 1.54) is 13.1 Å². The van der Waals surface area contributed by atoms with E-state index in [1.807, 2.05) is 18.2 Å². The first-order valence-electron chi connectivity index (χ1n) is 8.62. The molecule has 1 aromatic heterocycles. The zero-order chi connectivity index (χ0) is 19.5. The van der Waals surface area contributed by atoms with Gasteiger partial charge in [-0.25, -0.2) is 0 Å². The predicted molar refractivity (Wildman–Crippen MR) is 104 cm³/mol. The number of anilines is 3. The molecule has 0 spiro atoms. The first kappa shape index (κ1) is 17.5. The average Bonchev–Trinajstić information content (AvgIpc) is 3.16. The third-order valence-corrected chi connectivity index (χ3v) is 4.19. The van der Waals surface area contributed by atoms with Gasteiger partial charge in [0.25, 0.3) is 5.91 Å². The molecule has 2 aromatic carbocycles. The summed E-state index contributed by atoms with van der Waals surface area (Å²) in [6.45, 7) is 1.69. The highest BCUT2D eigenvalue weighted by Gasteiger charge is 2.14. The molecular formula is C21H17N3O4. The van der Waals surface area contributed by atoms with Crippen LogP contribution in [0.2, 0.25) is 0 Å². The van der Waals surface area contributed by atoms with Gasteiger partial charge in [0.1, 0.15) is 0 Å². The van der Waals surface area contributed by atoms with E-state index in [2.05, 4.69) is 15.6 Å². The monoisotopic (exact) mass is 375 g/mol. The molecule has 0 saturated carbocycles. The molecule has 1 aliphatic rings. The van der Waals surface area contributed by atoms with Crippen LogP contribution in [-0.2, 0) is 0 Å². The molecule has 0 radical (unpaired) electrons. The zero-order valence-corrected chi connectivity index (χ0v) is 15.1. The molecule has 2 N–H and O–H groups in total. The molecule has 4 rings (SSSR count). The number of amides is 1. The number of carbonyl (C=O) groups excluding carboxylic acids is 2. The highest BCUT2D eigenvalue weighted by atomic mass is 16.7. The smallest absolute Gasteiger partial charge is 0.257 e. The van der Waals surface area contributed by atoms with Crippen LogP contribution in [0.4, 0.5) is 17.1 Å². The van der Waals surface area contributed by atoms with Crippen molar-refractivity contribution in [1.29, 1.82) is 0 Å². The Morgan fingerprint density at radius 2 is 1.71 bits per heavy atom. The fourth-order valence-corrected chi connectivity index (χ4v) is 2.79. The van der Waals surface area contributed by atoms with Crippen LogP contribution in [0.5, 0.6) is 11.5 Å². The maximum absolute atomic E-state index is 12.6. The molecule has 2 heterocycles. The SMILES string of the molecule is CC(=O)c1cccc(NC(=O)c2cncc(Nc3ccc4c(c3)OCO4)c2)c1. The minimum atomic E-state index is -0.317. The third kappa shape index (κ3) is 3.78. The number of nitrogens with zero attached hydrogens (tertiary/aromatic N) is 1. The van der Waals surface area contributed by atoms with E-state index in [-0.39, 0.29) is 18.5 Å². The van der Waals surface area contributed by atoms with Gasteiger partial charge >= 0.3 is 0 Å². The molecule has 0 unspecified atom stereocenters. The van der Waals surface area contributed by atoms with Crippen molar-refractivity contribution >= 4 is 28.8 Å². The number of benzene rings is 2. The lowest BCUT2D eigenvalue weighted by molar-refractivity contribution is 0.101. The van der Waals surface area contributed by atoms with Crippen molar-refractivity contribution in [2.75, 3.05) is 17.4 Å². The van der Waals surface area contributed by atoms with Gasteiger partial charge in [0.2, 0.25) is 6.79 Å². The average molecular weight is 375 g/mol. The Morgan fingerprint density at radius 1 is 0.893 bits per heavy atom. The van der Waals surface area contributed by atoms with Gasteiger partial charge in [-0.3, -0.25) is 14.6 Å². The van der Waals surface area contributed by atoms with Crippen molar-refractivity contribution in [2.45, 2.75) is 6.92 Å². The molecule has 28 heavy (non-hydrogen) atoms. The summed E-state index contributed by atoms with van der Waals surface area (Å²) < 4.78 is 10.7. The number of ketones is 1. The van der Waals surface area contributed by atoms with Gasteiger partial charge in [-0.15, -0.1) is 0 Å². The fraction of sp³-hybridized carbons (Fsp3) is 0.0952. The molecule has 0 atom stereocenters. The maximum Gasteiger partial charge on any atom is 0.257 e. The third-order valence-electron chi connectivity index (χ3n) is 4.19. The van der Waals surface area contributed by atoms with Crippen LogP contribution in [0.15, 0.2) is 60.9 Å². The Bertz CT molecular complexity index is 1070. The number of pyridine rings is 1. The highest BCUT2D eigenvalue weighted by Crippen LogP contribution is 2.35. The summed E-state index contributed by atoms with van der Waals surface area (Å²) in [7, 11) is 0. The summed E-state index contributed by atoms with van der Waals surface area (Å²) in [5.74, 6) is 0.983. The van der Waals surface area contributed by atoms with Gasteiger partial charge in [-0.05, 0) is 37.3 Å². The number of hydrogen-bond donors (Lipinski definition) is 2. The van der Waals surface area contributed by atoms with E-state index in [9.17, 15) is 9.59 Å². The van der Waals surface area contributed by atoms with E-state index in [0.29, 0.717) is 34.0 Å². The Kier molecular flexibility index (Phi) is 4.63. The number of Topliss-reactive ketones (excluding diaryl/α,β-unsaturated/α-hetero) is 1. The fourth-order valence-electron chi connectivity index (χ4n) is 2.79. The van der Waals surface area contributed by atoms with E-state index in [0.717, 1.165) is 5.69 Å². The zero-order valence-electron chi connectivity index (χ0n) is 15.1. The van der Waals surface area contributed by atoms with Gasteiger partial charge in [0.05, 0.1) is 17.4 Å². The molecule has 0 bridgehead atoms. The van der Waals surface area contributed by atoms with Gasteiger partial charge in [0.15, 0.2) is 17.3 Å². The lowest BCUT2D eigenvalue weighted by atomic mass is 10.1. The van der Waals surface area contributed by atoms with Gasteiger partial charge in [-0.1, -0.05) is 12.1 Å². The Balaban J connectivity index is 1.49. The second kappa shape index (κ2) is 7.40. The van der Waals surface area contributed by atoms with E-state index < -0.39 is 0 Å². The Labute approximate surface area is 161 Å². The quantitative estimate of drug-likeness (QED) is 0.655. The molecule has 7 nitrogen and oxygen atoms in total. The van der Waals surface area contributed by atoms with Crippen LogP contribution in [0, 0.1) is 0 Å². The van der Waals surface area contributed by atoms with Crippen LogP contribution in [-0.4, -0.2) is 23.5 Å². The Morgan fingerprint density at radius 3 is 2.57 bits per heavy atom. The maximum atomic E-state index is 12.6. The van der Waals surface area contributed by atoms with Gasteiger partial charge in [0, 0.05) is 29.2 Å². The van der Waals surface area contributed by atoms with Gasteiger partial charge < -0.3 is 20.1 Å². The number of fused-ring (bicyclic) bond motifs is 1. The molecule has 3 aromatic rings. The number of ether oxygens (including phenoxy) is 2. The minimum absolute atomic E-state index is 0.0623. The first-order chi connectivity index (χ1) is 13.6. The highest BCUT2D eigenvalue weighted by molar-refractivity contribution is 6.05. The second-order valence-electron chi connectivity index (χ2n) is 6.25. The van der Waals surface area contributed by atoms with E-state index in [1.54, 1.807) is 36.5 Å². The van der Waals surface area contributed by atoms with Crippen molar-refractivity contribution in [3.63, 3.8) is 0 Å². The summed E-state index contributed by atoms with van der Waals surface area (Å²) in [6, 6.07) is 14.0. The number of nitrogens with one attached hydrogen (secondary N) is 2. The number of carbonyl (C=O) groups is 2. The summed E-state index contributed by atoms with van der Waals surface area (Å²) >= 11 is 0. The molecule has 0 aliphatic carbocycles. The van der Waals surface area contributed by atoms with E-state index in [4.69, 9.17) is 9.47 Å². The normalized spacial score (nSPS) is 11.8. The van der Waals surface area contributed by atoms with Crippen molar-refractivity contribution in [2.24, 2.45) is 0 Å². The predicted octanol–water partition coefficient (Wildman–Crippen LogP) is 4.01. The molecular weight excluding hydrogens is 358 g/mol. The van der Waals surface area contributed by atoms with Gasteiger partial charge in [-0.2, -0.15) is 0 Å². The largest absolute Gasteiger partial charge is 0.454 e. The lowest BCUT2D eigenvalue weighted by Crippen LogP contribution is -2.13. The molecule has 7 heteroatoms. The van der Waals surface area contributed by atoms with Crippen LogP contribution in [0.1, 0.15) is 27.6 Å². The minimum Gasteiger partial charge on any atom is -0.454 e. The van der Waals surface area contributed by atoms with Crippen LogP contribution in [0.25, 0.3) is 0 Å². The van der Waals surface area contributed by atoms with Crippen LogP contribution < -0.4 is 20.1 Å². The molecule has 0 fully saturated rings. The van der Waals surface area contributed by atoms with Crippen molar-refractivity contribution in [3.8, 4) is 11.5 Å². The molecule has 1 amide bonds. The number of rotatable bonds is 5. The molecule has 140 valence electrons. The Hall–Kier alpha value is -3.87. The van der Waals surface area contributed by atoms with Crippen LogP contribution in [0.3, 0.4) is 0 Å². The topological polar surface area (TPSA) is 89.6 Å². The van der Waals surface area contributed by atoms with E-state index >= 15 is 0 Å². The second-order valence-corrected chi connectivity index (χ2v) is 6.25. The number of hydrogen-bond acceptors (Lipinski definition) is 6. The first-order valence-corrected chi connectivity index (χ1v) is 8.62. The summed E-state index contributed by atoms with van der Waals surface area (Å²) in [6.07, 6.45) is 3.10.